The predicted molar refractivity (Wildman–Crippen MR) is 74.1 cm³/mol. The molecule has 0 fully saturated rings. The van der Waals surface area contributed by atoms with Crippen LogP contribution in [0.1, 0.15) is 25.3 Å². The summed E-state index contributed by atoms with van der Waals surface area (Å²) in [4.78, 5) is 11.6. The van der Waals surface area contributed by atoms with E-state index < -0.39 is 0 Å². The topological polar surface area (TPSA) is 49.3 Å². The van der Waals surface area contributed by atoms with Gasteiger partial charge < -0.3 is 10.4 Å². The van der Waals surface area contributed by atoms with Crippen molar-refractivity contribution in [3.8, 4) is 0 Å². The van der Waals surface area contributed by atoms with Crippen LogP contribution in [0.5, 0.6) is 0 Å². The number of aliphatic hydroxyl groups is 1. The van der Waals surface area contributed by atoms with Crippen molar-refractivity contribution in [2.45, 2.75) is 32.3 Å². The molecule has 1 aromatic carbocycles. The molecule has 5 heteroatoms. The molecule has 1 aromatic rings. The maximum atomic E-state index is 11.6. The molecular formula is C13H17Cl2NO2. The van der Waals surface area contributed by atoms with Crippen LogP contribution in [-0.2, 0) is 11.2 Å². The number of carbonyl (C=O) groups is 1. The number of halogens is 2. The van der Waals surface area contributed by atoms with Gasteiger partial charge in [0.2, 0.25) is 5.91 Å². The number of hydrogen-bond donors (Lipinski definition) is 2. The molecule has 0 aliphatic rings. The number of amides is 1. The summed E-state index contributed by atoms with van der Waals surface area (Å²) in [6.45, 7) is 2.37. The number of aliphatic hydroxyl groups excluding tert-OH is 1. The zero-order valence-corrected chi connectivity index (χ0v) is 11.8. The third kappa shape index (κ3) is 5.25. The molecule has 1 unspecified atom stereocenters. The fourth-order valence-electron chi connectivity index (χ4n) is 1.48. The average Bonchev–Trinajstić information content (AvgIpc) is 2.32. The molecule has 100 valence electrons. The molecule has 1 atom stereocenters. The Bertz CT molecular complexity index is 410. The Morgan fingerprint density at radius 3 is 2.78 bits per heavy atom. The van der Waals surface area contributed by atoms with Gasteiger partial charge in [-0.05, 0) is 30.5 Å². The fraction of sp³-hybridized carbons (Fsp3) is 0.462. The highest BCUT2D eigenvalue weighted by Gasteiger charge is 2.08. The van der Waals surface area contributed by atoms with Gasteiger partial charge in [0.1, 0.15) is 0 Å². The van der Waals surface area contributed by atoms with Gasteiger partial charge in [0.25, 0.3) is 0 Å². The van der Waals surface area contributed by atoms with Gasteiger partial charge >= 0.3 is 0 Å². The average molecular weight is 290 g/mol. The van der Waals surface area contributed by atoms with Crippen molar-refractivity contribution in [1.29, 1.82) is 0 Å². The van der Waals surface area contributed by atoms with E-state index in [1.54, 1.807) is 18.2 Å². The highest BCUT2D eigenvalue weighted by molar-refractivity contribution is 6.35. The molecule has 0 aliphatic carbocycles. The number of hydrogen-bond acceptors (Lipinski definition) is 2. The zero-order chi connectivity index (χ0) is 13.5. The van der Waals surface area contributed by atoms with E-state index >= 15 is 0 Å². The number of nitrogens with one attached hydrogen (secondary N) is 1. The van der Waals surface area contributed by atoms with Crippen molar-refractivity contribution >= 4 is 29.1 Å². The van der Waals surface area contributed by atoms with Crippen molar-refractivity contribution in [3.63, 3.8) is 0 Å². The summed E-state index contributed by atoms with van der Waals surface area (Å²) in [7, 11) is 0. The summed E-state index contributed by atoms with van der Waals surface area (Å²) >= 11 is 11.8. The van der Waals surface area contributed by atoms with Crippen molar-refractivity contribution in [2.24, 2.45) is 0 Å². The van der Waals surface area contributed by atoms with E-state index in [-0.39, 0.29) is 18.4 Å². The van der Waals surface area contributed by atoms with Gasteiger partial charge in [-0.15, -0.1) is 0 Å². The van der Waals surface area contributed by atoms with Crippen LogP contribution in [0.2, 0.25) is 10.0 Å². The molecule has 0 radical (unpaired) electrons. The van der Waals surface area contributed by atoms with Gasteiger partial charge in [-0.25, -0.2) is 0 Å². The summed E-state index contributed by atoms with van der Waals surface area (Å²) in [5, 5.41) is 13.1. The molecular weight excluding hydrogens is 273 g/mol. The van der Waals surface area contributed by atoms with Crippen molar-refractivity contribution in [3.05, 3.63) is 33.8 Å². The van der Waals surface area contributed by atoms with Gasteiger partial charge in [0.15, 0.2) is 0 Å². The zero-order valence-electron chi connectivity index (χ0n) is 10.2. The normalized spacial score (nSPS) is 12.2. The lowest BCUT2D eigenvalue weighted by Gasteiger charge is -2.09. The third-order valence-corrected chi connectivity index (χ3v) is 3.22. The standard InChI is InChI=1S/C13H17Cl2NO2/c1-2-11(17)5-6-16-13(18)7-9-3-4-10(14)8-12(9)15/h3-4,8,11,17H,2,5-7H2,1H3,(H,16,18). The summed E-state index contributed by atoms with van der Waals surface area (Å²) in [5.74, 6) is -0.109. The lowest BCUT2D eigenvalue weighted by molar-refractivity contribution is -0.120. The van der Waals surface area contributed by atoms with E-state index in [4.69, 9.17) is 23.2 Å². The van der Waals surface area contributed by atoms with E-state index in [9.17, 15) is 9.90 Å². The Kier molecular flexibility index (Phi) is 6.47. The number of rotatable bonds is 6. The minimum absolute atomic E-state index is 0.109. The van der Waals surface area contributed by atoms with Crippen LogP contribution in [0, 0.1) is 0 Å². The first-order chi connectivity index (χ1) is 8.52. The van der Waals surface area contributed by atoms with Gasteiger partial charge in [0.05, 0.1) is 12.5 Å². The first kappa shape index (κ1) is 15.3. The monoisotopic (exact) mass is 289 g/mol. The molecule has 0 bridgehead atoms. The van der Waals surface area contributed by atoms with Crippen molar-refractivity contribution in [2.75, 3.05) is 6.54 Å². The Balaban J connectivity index is 2.40. The molecule has 0 saturated heterocycles. The quantitative estimate of drug-likeness (QED) is 0.846. The maximum absolute atomic E-state index is 11.6. The van der Waals surface area contributed by atoms with Crippen LogP contribution in [0.15, 0.2) is 18.2 Å². The Morgan fingerprint density at radius 1 is 1.44 bits per heavy atom. The van der Waals surface area contributed by atoms with Crippen LogP contribution >= 0.6 is 23.2 Å². The summed E-state index contributed by atoms with van der Waals surface area (Å²) in [5.41, 5.74) is 0.745. The van der Waals surface area contributed by atoms with Gasteiger partial charge in [-0.1, -0.05) is 36.2 Å². The van der Waals surface area contributed by atoms with Gasteiger partial charge in [0, 0.05) is 16.6 Å². The van der Waals surface area contributed by atoms with Crippen molar-refractivity contribution < 1.29 is 9.90 Å². The molecule has 0 spiro atoms. The van der Waals surface area contributed by atoms with Crippen molar-refractivity contribution in [1.82, 2.24) is 5.32 Å². The molecule has 2 N–H and O–H groups in total. The van der Waals surface area contributed by atoms with Crippen LogP contribution in [0.3, 0.4) is 0 Å². The molecule has 0 aliphatic heterocycles. The first-order valence-corrected chi connectivity index (χ1v) is 6.67. The highest BCUT2D eigenvalue weighted by Crippen LogP contribution is 2.21. The van der Waals surface area contributed by atoms with Crippen LogP contribution in [0.4, 0.5) is 0 Å². The number of carbonyl (C=O) groups excluding carboxylic acids is 1. The van der Waals surface area contributed by atoms with E-state index in [0.29, 0.717) is 29.4 Å². The lowest BCUT2D eigenvalue weighted by atomic mass is 10.1. The molecule has 1 amide bonds. The lowest BCUT2D eigenvalue weighted by Crippen LogP contribution is -2.28. The van der Waals surface area contributed by atoms with E-state index in [1.165, 1.54) is 0 Å². The third-order valence-electron chi connectivity index (χ3n) is 2.64. The maximum Gasteiger partial charge on any atom is 0.224 e. The van der Waals surface area contributed by atoms with E-state index in [0.717, 1.165) is 5.56 Å². The molecule has 0 saturated carbocycles. The predicted octanol–water partition coefficient (Wildman–Crippen LogP) is 2.81. The molecule has 0 aromatic heterocycles. The summed E-state index contributed by atoms with van der Waals surface area (Å²) in [6.07, 6.45) is 1.12. The summed E-state index contributed by atoms with van der Waals surface area (Å²) < 4.78 is 0. The van der Waals surface area contributed by atoms with Crippen LogP contribution in [0.25, 0.3) is 0 Å². The second kappa shape index (κ2) is 7.62. The first-order valence-electron chi connectivity index (χ1n) is 5.91. The molecule has 3 nitrogen and oxygen atoms in total. The second-order valence-electron chi connectivity index (χ2n) is 4.11. The Morgan fingerprint density at radius 2 is 2.17 bits per heavy atom. The largest absolute Gasteiger partial charge is 0.393 e. The SMILES string of the molecule is CCC(O)CCNC(=O)Cc1ccc(Cl)cc1Cl. The molecule has 1 rings (SSSR count). The van der Waals surface area contributed by atoms with E-state index in [1.807, 2.05) is 6.92 Å². The molecule has 0 heterocycles. The Labute approximate surface area is 117 Å². The Hall–Kier alpha value is -0.770. The van der Waals surface area contributed by atoms with Gasteiger partial charge in [-0.3, -0.25) is 4.79 Å². The van der Waals surface area contributed by atoms with Crippen LogP contribution < -0.4 is 5.32 Å². The number of benzene rings is 1. The van der Waals surface area contributed by atoms with E-state index in [2.05, 4.69) is 5.32 Å². The smallest absolute Gasteiger partial charge is 0.224 e. The fourth-order valence-corrected chi connectivity index (χ4v) is 1.96. The highest BCUT2D eigenvalue weighted by atomic mass is 35.5. The minimum Gasteiger partial charge on any atom is -0.393 e. The molecule has 18 heavy (non-hydrogen) atoms. The minimum atomic E-state index is -0.357. The van der Waals surface area contributed by atoms with Crippen LogP contribution in [-0.4, -0.2) is 23.7 Å². The summed E-state index contributed by atoms with van der Waals surface area (Å²) in [6, 6.07) is 5.06. The second-order valence-corrected chi connectivity index (χ2v) is 4.96. The van der Waals surface area contributed by atoms with Gasteiger partial charge in [-0.2, -0.15) is 0 Å².